The molecular formula is C10H16O3. The zero-order valence-electron chi connectivity index (χ0n) is 7.74. The van der Waals surface area contributed by atoms with Crippen molar-refractivity contribution < 1.29 is 14.6 Å². The molecule has 2 aliphatic rings. The van der Waals surface area contributed by atoms with Crippen LogP contribution in [0.15, 0.2) is 0 Å². The van der Waals surface area contributed by atoms with Crippen molar-refractivity contribution in [1.82, 2.24) is 0 Å². The summed E-state index contributed by atoms with van der Waals surface area (Å²) >= 11 is 0. The molecule has 0 aromatic carbocycles. The molecular weight excluding hydrogens is 168 g/mol. The van der Waals surface area contributed by atoms with E-state index in [-0.39, 0.29) is 5.92 Å². The minimum Gasteiger partial charge on any atom is -0.481 e. The fraction of sp³-hybridized carbons (Fsp3) is 0.900. The predicted molar refractivity (Wildman–Crippen MR) is 47.4 cm³/mol. The molecule has 0 aromatic heterocycles. The maximum absolute atomic E-state index is 10.9. The molecule has 0 spiro atoms. The van der Waals surface area contributed by atoms with Gasteiger partial charge in [-0.3, -0.25) is 4.79 Å². The predicted octanol–water partition coefficient (Wildman–Crippen LogP) is 1.52. The van der Waals surface area contributed by atoms with Gasteiger partial charge in [-0.25, -0.2) is 0 Å². The summed E-state index contributed by atoms with van der Waals surface area (Å²) < 4.78 is 5.21. The molecule has 2 rings (SSSR count). The molecule has 0 amide bonds. The standard InChI is InChI=1S/C10H16O3/c11-10(12)9-6-13-5-4-8(9)7-2-1-3-7/h7-9H,1-6H2,(H,11,12). The summed E-state index contributed by atoms with van der Waals surface area (Å²) in [5, 5.41) is 9.00. The lowest BCUT2D eigenvalue weighted by atomic mass is 9.69. The maximum atomic E-state index is 10.9. The summed E-state index contributed by atoms with van der Waals surface area (Å²) in [5.41, 5.74) is 0. The van der Waals surface area contributed by atoms with Crippen molar-refractivity contribution in [2.24, 2.45) is 17.8 Å². The Hall–Kier alpha value is -0.570. The Kier molecular flexibility index (Phi) is 2.54. The maximum Gasteiger partial charge on any atom is 0.309 e. The van der Waals surface area contributed by atoms with E-state index in [1.807, 2.05) is 0 Å². The first-order valence-electron chi connectivity index (χ1n) is 5.09. The van der Waals surface area contributed by atoms with Crippen molar-refractivity contribution in [3.63, 3.8) is 0 Å². The van der Waals surface area contributed by atoms with Crippen LogP contribution in [0.2, 0.25) is 0 Å². The monoisotopic (exact) mass is 184 g/mol. The quantitative estimate of drug-likeness (QED) is 0.707. The Morgan fingerprint density at radius 2 is 2.08 bits per heavy atom. The molecule has 3 heteroatoms. The molecule has 2 fully saturated rings. The van der Waals surface area contributed by atoms with Gasteiger partial charge >= 0.3 is 5.97 Å². The van der Waals surface area contributed by atoms with Crippen LogP contribution in [0.25, 0.3) is 0 Å². The first kappa shape index (κ1) is 9.00. The van der Waals surface area contributed by atoms with Gasteiger partial charge in [0.15, 0.2) is 0 Å². The number of aliphatic carboxylic acids is 1. The lowest BCUT2D eigenvalue weighted by Gasteiger charge is -2.39. The van der Waals surface area contributed by atoms with Gasteiger partial charge in [0, 0.05) is 6.61 Å². The van der Waals surface area contributed by atoms with Crippen LogP contribution in [0, 0.1) is 17.8 Å². The molecule has 3 nitrogen and oxygen atoms in total. The zero-order chi connectivity index (χ0) is 9.26. The fourth-order valence-corrected chi connectivity index (χ4v) is 2.44. The van der Waals surface area contributed by atoms with E-state index in [1.54, 1.807) is 0 Å². The van der Waals surface area contributed by atoms with Crippen LogP contribution in [0.1, 0.15) is 25.7 Å². The number of rotatable bonds is 2. The molecule has 1 aliphatic heterocycles. The van der Waals surface area contributed by atoms with Gasteiger partial charge in [-0.05, 0) is 18.3 Å². The van der Waals surface area contributed by atoms with Crippen molar-refractivity contribution in [3.8, 4) is 0 Å². The summed E-state index contributed by atoms with van der Waals surface area (Å²) in [4.78, 5) is 10.9. The summed E-state index contributed by atoms with van der Waals surface area (Å²) in [6, 6.07) is 0. The molecule has 74 valence electrons. The molecule has 1 aliphatic carbocycles. The summed E-state index contributed by atoms with van der Waals surface area (Å²) in [6.45, 7) is 1.18. The number of carbonyl (C=O) groups is 1. The number of hydrogen-bond acceptors (Lipinski definition) is 2. The molecule has 2 unspecified atom stereocenters. The third-order valence-corrected chi connectivity index (χ3v) is 3.48. The number of carboxylic acids is 1. The second-order valence-corrected chi connectivity index (χ2v) is 4.16. The van der Waals surface area contributed by atoms with Gasteiger partial charge in [0.2, 0.25) is 0 Å². The van der Waals surface area contributed by atoms with E-state index < -0.39 is 5.97 Å². The Labute approximate surface area is 78.1 Å². The van der Waals surface area contributed by atoms with Gasteiger partial charge in [-0.1, -0.05) is 19.3 Å². The highest BCUT2D eigenvalue weighted by Gasteiger charge is 2.38. The first-order chi connectivity index (χ1) is 6.29. The average Bonchev–Trinajstić information content (AvgIpc) is 2.02. The lowest BCUT2D eigenvalue weighted by Crippen LogP contribution is -2.39. The van der Waals surface area contributed by atoms with Gasteiger partial charge in [-0.15, -0.1) is 0 Å². The van der Waals surface area contributed by atoms with Crippen LogP contribution in [0.4, 0.5) is 0 Å². The normalized spacial score (nSPS) is 35.4. The highest BCUT2D eigenvalue weighted by molar-refractivity contribution is 5.70. The highest BCUT2D eigenvalue weighted by atomic mass is 16.5. The highest BCUT2D eigenvalue weighted by Crippen LogP contribution is 2.40. The largest absolute Gasteiger partial charge is 0.481 e. The van der Waals surface area contributed by atoms with Crippen molar-refractivity contribution >= 4 is 5.97 Å². The molecule has 0 bridgehead atoms. The van der Waals surface area contributed by atoms with E-state index in [0.717, 1.165) is 13.0 Å². The SMILES string of the molecule is O=C(O)C1COCCC1C1CCC1. The molecule has 1 heterocycles. The van der Waals surface area contributed by atoms with Gasteiger partial charge in [-0.2, -0.15) is 0 Å². The number of hydrogen-bond donors (Lipinski definition) is 1. The van der Waals surface area contributed by atoms with Gasteiger partial charge < -0.3 is 9.84 Å². The Bertz CT molecular complexity index is 198. The van der Waals surface area contributed by atoms with Crippen molar-refractivity contribution in [2.45, 2.75) is 25.7 Å². The van der Waals surface area contributed by atoms with Crippen LogP contribution in [-0.2, 0) is 9.53 Å². The molecule has 1 saturated heterocycles. The minimum absolute atomic E-state index is 0.237. The van der Waals surface area contributed by atoms with E-state index in [2.05, 4.69) is 0 Å². The van der Waals surface area contributed by atoms with Crippen LogP contribution in [0.3, 0.4) is 0 Å². The van der Waals surface area contributed by atoms with Crippen LogP contribution in [0.5, 0.6) is 0 Å². The molecule has 13 heavy (non-hydrogen) atoms. The van der Waals surface area contributed by atoms with Crippen LogP contribution in [-0.4, -0.2) is 24.3 Å². The number of carboxylic acid groups (broad SMARTS) is 1. The van der Waals surface area contributed by atoms with Crippen LogP contribution < -0.4 is 0 Å². The number of ether oxygens (including phenoxy) is 1. The second-order valence-electron chi connectivity index (χ2n) is 4.16. The summed E-state index contributed by atoms with van der Waals surface area (Å²) in [6.07, 6.45) is 4.69. The Balaban J connectivity index is 1.99. The van der Waals surface area contributed by atoms with E-state index in [4.69, 9.17) is 9.84 Å². The van der Waals surface area contributed by atoms with Gasteiger partial charge in [0.1, 0.15) is 0 Å². The smallest absolute Gasteiger partial charge is 0.309 e. The van der Waals surface area contributed by atoms with E-state index >= 15 is 0 Å². The topological polar surface area (TPSA) is 46.5 Å². The minimum atomic E-state index is -0.670. The van der Waals surface area contributed by atoms with Crippen molar-refractivity contribution in [2.75, 3.05) is 13.2 Å². The van der Waals surface area contributed by atoms with E-state index in [1.165, 1.54) is 19.3 Å². The van der Waals surface area contributed by atoms with Crippen molar-refractivity contribution in [3.05, 3.63) is 0 Å². The van der Waals surface area contributed by atoms with Crippen molar-refractivity contribution in [1.29, 1.82) is 0 Å². The Morgan fingerprint density at radius 3 is 2.62 bits per heavy atom. The second kappa shape index (κ2) is 3.66. The fourth-order valence-electron chi connectivity index (χ4n) is 2.44. The molecule has 2 atom stereocenters. The zero-order valence-corrected chi connectivity index (χ0v) is 7.74. The first-order valence-corrected chi connectivity index (χ1v) is 5.09. The van der Waals surface area contributed by atoms with Gasteiger partial charge in [0.25, 0.3) is 0 Å². The van der Waals surface area contributed by atoms with E-state index in [0.29, 0.717) is 18.4 Å². The molecule has 1 N–H and O–H groups in total. The molecule has 0 radical (unpaired) electrons. The van der Waals surface area contributed by atoms with E-state index in [9.17, 15) is 4.79 Å². The summed E-state index contributed by atoms with van der Waals surface area (Å²) in [5.74, 6) is 0.153. The third kappa shape index (κ3) is 1.70. The third-order valence-electron chi connectivity index (χ3n) is 3.48. The molecule has 1 saturated carbocycles. The molecule has 0 aromatic rings. The van der Waals surface area contributed by atoms with Crippen LogP contribution >= 0.6 is 0 Å². The average molecular weight is 184 g/mol. The summed E-state index contributed by atoms with van der Waals surface area (Å²) in [7, 11) is 0. The van der Waals surface area contributed by atoms with Gasteiger partial charge in [0.05, 0.1) is 12.5 Å². The lowest BCUT2D eigenvalue weighted by molar-refractivity contribution is -0.152. The Morgan fingerprint density at radius 1 is 1.31 bits per heavy atom.